The van der Waals surface area contributed by atoms with Crippen molar-refractivity contribution in [3.8, 4) is 0 Å². The Labute approximate surface area is 140 Å². The van der Waals surface area contributed by atoms with Gasteiger partial charge >= 0.3 is 0 Å². The fourth-order valence-electron chi connectivity index (χ4n) is 3.27. The molecule has 1 saturated heterocycles. The number of piperazine rings is 1. The van der Waals surface area contributed by atoms with E-state index in [1.54, 1.807) is 10.8 Å². The molecule has 24 heavy (non-hydrogen) atoms. The molecular formula is C17H21N7. The van der Waals surface area contributed by atoms with E-state index in [2.05, 4.69) is 49.1 Å². The van der Waals surface area contributed by atoms with Gasteiger partial charge < -0.3 is 4.90 Å². The summed E-state index contributed by atoms with van der Waals surface area (Å²) in [4.78, 5) is 9.27. The fourth-order valence-corrected chi connectivity index (χ4v) is 3.27. The Balaban J connectivity index is 1.39. The summed E-state index contributed by atoms with van der Waals surface area (Å²) in [6.07, 6.45) is 4.51. The molecule has 3 aromatic rings. The van der Waals surface area contributed by atoms with Crippen molar-refractivity contribution in [3.05, 3.63) is 48.5 Å². The summed E-state index contributed by atoms with van der Waals surface area (Å²) in [6.45, 7) is 6.36. The number of anilines is 1. The zero-order valence-electron chi connectivity index (χ0n) is 13.8. The van der Waals surface area contributed by atoms with E-state index < -0.39 is 0 Å². The van der Waals surface area contributed by atoms with Gasteiger partial charge in [0.25, 0.3) is 0 Å². The van der Waals surface area contributed by atoms with E-state index in [-0.39, 0.29) is 0 Å². The lowest BCUT2D eigenvalue weighted by Crippen LogP contribution is -2.52. The highest BCUT2D eigenvalue weighted by Crippen LogP contribution is 2.18. The number of aromatic nitrogens is 5. The van der Waals surface area contributed by atoms with Crippen molar-refractivity contribution in [1.82, 2.24) is 29.7 Å². The molecule has 1 aliphatic rings. The summed E-state index contributed by atoms with van der Waals surface area (Å²) in [6, 6.07) is 10.5. The highest BCUT2D eigenvalue weighted by atomic mass is 15.4. The third-order valence-electron chi connectivity index (χ3n) is 4.56. The second kappa shape index (κ2) is 6.52. The number of fused-ring (bicyclic) bond motifs is 1. The molecule has 0 amide bonds. The molecule has 4 heterocycles. The van der Waals surface area contributed by atoms with E-state index >= 15 is 0 Å². The van der Waals surface area contributed by atoms with Crippen LogP contribution in [0.1, 0.15) is 12.6 Å². The van der Waals surface area contributed by atoms with E-state index in [0.29, 0.717) is 6.04 Å². The van der Waals surface area contributed by atoms with Crippen LogP contribution in [0, 0.1) is 0 Å². The van der Waals surface area contributed by atoms with Gasteiger partial charge in [0.15, 0.2) is 5.65 Å². The van der Waals surface area contributed by atoms with Crippen molar-refractivity contribution in [2.24, 2.45) is 0 Å². The van der Waals surface area contributed by atoms with Crippen molar-refractivity contribution in [2.75, 3.05) is 31.1 Å². The number of hydrogen-bond acceptors (Lipinski definition) is 6. The molecule has 124 valence electrons. The lowest BCUT2D eigenvalue weighted by Gasteiger charge is -2.40. The van der Waals surface area contributed by atoms with Crippen LogP contribution in [0.25, 0.3) is 5.65 Å². The molecule has 7 nitrogen and oxygen atoms in total. The SMILES string of the molecule is CC1CN(CCc2ccccn2)CCN1c1ccc2nncn2n1. The predicted octanol–water partition coefficient (Wildman–Crippen LogP) is 1.27. The number of pyridine rings is 1. The molecule has 0 N–H and O–H groups in total. The van der Waals surface area contributed by atoms with Gasteiger partial charge in [-0.05, 0) is 31.2 Å². The van der Waals surface area contributed by atoms with Crippen LogP contribution in [0.2, 0.25) is 0 Å². The summed E-state index contributed by atoms with van der Waals surface area (Å²) < 4.78 is 1.73. The lowest BCUT2D eigenvalue weighted by molar-refractivity contribution is 0.230. The van der Waals surface area contributed by atoms with Crippen LogP contribution in [-0.4, -0.2) is 61.9 Å². The first-order valence-corrected chi connectivity index (χ1v) is 8.35. The summed E-state index contributed by atoms with van der Waals surface area (Å²) in [5, 5.41) is 12.5. The Kier molecular flexibility index (Phi) is 4.08. The first-order chi connectivity index (χ1) is 11.8. The normalized spacial score (nSPS) is 19.0. The van der Waals surface area contributed by atoms with Crippen LogP contribution in [0.5, 0.6) is 0 Å². The number of nitrogens with zero attached hydrogens (tertiary/aromatic N) is 7. The molecule has 0 spiro atoms. The molecule has 0 aliphatic carbocycles. The topological polar surface area (TPSA) is 62.5 Å². The van der Waals surface area contributed by atoms with E-state index in [1.165, 1.54) is 0 Å². The van der Waals surface area contributed by atoms with Crippen molar-refractivity contribution in [3.63, 3.8) is 0 Å². The Morgan fingerprint density at radius 2 is 2.12 bits per heavy atom. The Morgan fingerprint density at radius 1 is 1.17 bits per heavy atom. The van der Waals surface area contributed by atoms with Gasteiger partial charge in [-0.2, -0.15) is 4.52 Å². The van der Waals surface area contributed by atoms with Gasteiger partial charge in [-0.15, -0.1) is 15.3 Å². The van der Waals surface area contributed by atoms with Crippen molar-refractivity contribution >= 4 is 11.5 Å². The van der Waals surface area contributed by atoms with E-state index in [9.17, 15) is 0 Å². The fraction of sp³-hybridized carbons (Fsp3) is 0.412. The molecule has 4 rings (SSSR count). The molecule has 1 atom stereocenters. The molecule has 0 radical (unpaired) electrons. The largest absolute Gasteiger partial charge is 0.350 e. The molecule has 1 aliphatic heterocycles. The average Bonchev–Trinajstić information content (AvgIpc) is 3.08. The van der Waals surface area contributed by atoms with E-state index in [0.717, 1.165) is 49.8 Å². The maximum absolute atomic E-state index is 4.62. The van der Waals surface area contributed by atoms with E-state index in [1.807, 2.05) is 24.4 Å². The highest BCUT2D eigenvalue weighted by Gasteiger charge is 2.24. The molecule has 1 fully saturated rings. The van der Waals surface area contributed by atoms with Crippen LogP contribution in [-0.2, 0) is 6.42 Å². The maximum Gasteiger partial charge on any atom is 0.177 e. The van der Waals surface area contributed by atoms with Crippen LogP contribution in [0.3, 0.4) is 0 Å². The van der Waals surface area contributed by atoms with Gasteiger partial charge in [0, 0.05) is 50.5 Å². The molecule has 0 bridgehead atoms. The van der Waals surface area contributed by atoms with Crippen molar-refractivity contribution in [2.45, 2.75) is 19.4 Å². The monoisotopic (exact) mass is 323 g/mol. The molecule has 3 aromatic heterocycles. The summed E-state index contributed by atoms with van der Waals surface area (Å²) in [5.74, 6) is 0.985. The Hall–Kier alpha value is -2.54. The summed E-state index contributed by atoms with van der Waals surface area (Å²) in [5.41, 5.74) is 1.94. The molecular weight excluding hydrogens is 302 g/mol. The second-order valence-corrected chi connectivity index (χ2v) is 6.24. The van der Waals surface area contributed by atoms with Crippen LogP contribution in [0.4, 0.5) is 5.82 Å². The summed E-state index contributed by atoms with van der Waals surface area (Å²) >= 11 is 0. The Morgan fingerprint density at radius 3 is 2.96 bits per heavy atom. The minimum atomic E-state index is 0.420. The van der Waals surface area contributed by atoms with Gasteiger partial charge in [-0.1, -0.05) is 6.07 Å². The highest BCUT2D eigenvalue weighted by molar-refractivity contribution is 5.46. The molecule has 0 saturated carbocycles. The average molecular weight is 323 g/mol. The van der Waals surface area contributed by atoms with Crippen LogP contribution >= 0.6 is 0 Å². The first kappa shape index (κ1) is 15.0. The van der Waals surface area contributed by atoms with Gasteiger partial charge in [-0.3, -0.25) is 9.88 Å². The van der Waals surface area contributed by atoms with Crippen LogP contribution in [0.15, 0.2) is 42.9 Å². The van der Waals surface area contributed by atoms with Crippen molar-refractivity contribution < 1.29 is 0 Å². The molecule has 7 heteroatoms. The predicted molar refractivity (Wildman–Crippen MR) is 92.0 cm³/mol. The van der Waals surface area contributed by atoms with Gasteiger partial charge in [-0.25, -0.2) is 0 Å². The number of rotatable bonds is 4. The smallest absolute Gasteiger partial charge is 0.177 e. The standard InChI is InChI=1S/C17H21N7/c1-14-12-22(9-7-15-4-2-3-8-18-15)10-11-23(14)17-6-5-16-20-19-13-24(16)21-17/h2-6,8,13-14H,7,9-12H2,1H3. The maximum atomic E-state index is 4.62. The quantitative estimate of drug-likeness (QED) is 0.721. The van der Waals surface area contributed by atoms with Gasteiger partial charge in [0.05, 0.1) is 0 Å². The third-order valence-corrected chi connectivity index (χ3v) is 4.56. The van der Waals surface area contributed by atoms with Gasteiger partial charge in [0.1, 0.15) is 12.1 Å². The zero-order chi connectivity index (χ0) is 16.4. The lowest BCUT2D eigenvalue weighted by atomic mass is 10.1. The molecule has 0 aromatic carbocycles. The zero-order valence-corrected chi connectivity index (χ0v) is 13.8. The number of hydrogen-bond donors (Lipinski definition) is 0. The van der Waals surface area contributed by atoms with Crippen molar-refractivity contribution in [1.29, 1.82) is 0 Å². The molecule has 1 unspecified atom stereocenters. The van der Waals surface area contributed by atoms with Crippen LogP contribution < -0.4 is 4.90 Å². The summed E-state index contributed by atoms with van der Waals surface area (Å²) in [7, 11) is 0. The second-order valence-electron chi connectivity index (χ2n) is 6.24. The first-order valence-electron chi connectivity index (χ1n) is 8.35. The third kappa shape index (κ3) is 3.07. The minimum Gasteiger partial charge on any atom is -0.350 e. The van der Waals surface area contributed by atoms with E-state index in [4.69, 9.17) is 0 Å². The van der Waals surface area contributed by atoms with Gasteiger partial charge in [0.2, 0.25) is 0 Å². The minimum absolute atomic E-state index is 0.420. The Bertz CT molecular complexity index is 801.